The summed E-state index contributed by atoms with van der Waals surface area (Å²) in [4.78, 5) is 18.0. The fourth-order valence-corrected chi connectivity index (χ4v) is 2.60. The third-order valence-corrected chi connectivity index (χ3v) is 4.23. The Morgan fingerprint density at radius 3 is 2.56 bits per heavy atom. The van der Waals surface area contributed by atoms with Gasteiger partial charge < -0.3 is 20.1 Å². The third kappa shape index (κ3) is 9.08. The average Bonchev–Trinajstić information content (AvgIpc) is 2.68. The number of phenolic OH excluding ortho intramolecular Hbond substituents is 1. The molecular weight excluding hydrogens is 350 g/mol. The number of aliphatic hydroxyl groups excluding tert-OH is 2. The van der Waals surface area contributed by atoms with E-state index in [1.54, 1.807) is 12.1 Å². The summed E-state index contributed by atoms with van der Waals surface area (Å²) in [6.45, 7) is 1.71. The van der Waals surface area contributed by atoms with Crippen LogP contribution < -0.4 is 4.74 Å². The highest BCUT2D eigenvalue weighted by molar-refractivity contribution is 5.75. The largest absolute Gasteiger partial charge is 0.504 e. The van der Waals surface area contributed by atoms with E-state index in [2.05, 4.69) is 6.92 Å². The molecule has 0 aromatic heterocycles. The van der Waals surface area contributed by atoms with Gasteiger partial charge in [0, 0.05) is 6.42 Å². The monoisotopic (exact) mass is 383 g/mol. The highest BCUT2D eigenvalue weighted by atomic mass is 16.7. The summed E-state index contributed by atoms with van der Waals surface area (Å²) in [7, 11) is 1.45. The van der Waals surface area contributed by atoms with Crippen molar-refractivity contribution < 1.29 is 29.7 Å². The van der Waals surface area contributed by atoms with Gasteiger partial charge in [-0.3, -0.25) is 9.63 Å². The quantitative estimate of drug-likeness (QED) is 0.337. The summed E-state index contributed by atoms with van der Waals surface area (Å²) in [5, 5.41) is 29.3. The molecule has 1 aromatic rings. The molecule has 27 heavy (non-hydrogen) atoms. The van der Waals surface area contributed by atoms with Crippen LogP contribution in [-0.2, 0) is 16.2 Å². The van der Waals surface area contributed by atoms with Crippen molar-refractivity contribution in [3.8, 4) is 11.5 Å². The van der Waals surface area contributed by atoms with Gasteiger partial charge in [0.15, 0.2) is 11.5 Å². The van der Waals surface area contributed by atoms with Crippen molar-refractivity contribution in [3.05, 3.63) is 23.8 Å². The zero-order valence-electron chi connectivity index (χ0n) is 16.4. The number of hydrogen-bond acceptors (Lipinski definition) is 6. The second-order valence-corrected chi connectivity index (χ2v) is 6.59. The molecule has 1 rings (SSSR count). The fourth-order valence-electron chi connectivity index (χ4n) is 2.60. The first kappa shape index (κ1) is 23.2. The molecule has 154 valence electrons. The maximum atomic E-state index is 12.5. The molecule has 7 heteroatoms. The molecular formula is C20H33NO6. The maximum absolute atomic E-state index is 12.5. The molecule has 1 aromatic carbocycles. The average molecular weight is 383 g/mol. The molecule has 0 aliphatic rings. The van der Waals surface area contributed by atoms with Gasteiger partial charge in [0.2, 0.25) is 5.91 Å². The number of carbonyl (C=O) groups excluding carboxylic acids is 1. The van der Waals surface area contributed by atoms with Gasteiger partial charge in [-0.25, -0.2) is 5.06 Å². The Hall–Kier alpha value is -1.83. The molecule has 0 saturated carbocycles. The second kappa shape index (κ2) is 13.4. The van der Waals surface area contributed by atoms with Gasteiger partial charge >= 0.3 is 0 Å². The predicted octanol–water partition coefficient (Wildman–Crippen LogP) is 2.76. The smallest absolute Gasteiger partial charge is 0.246 e. The molecule has 0 spiro atoms. The van der Waals surface area contributed by atoms with E-state index in [0.29, 0.717) is 12.2 Å². The molecule has 7 nitrogen and oxygen atoms in total. The predicted molar refractivity (Wildman–Crippen MR) is 102 cm³/mol. The molecule has 3 N–H and O–H groups in total. The number of unbranched alkanes of at least 4 members (excludes halogenated alkanes) is 5. The van der Waals surface area contributed by atoms with Gasteiger partial charge in [0.05, 0.1) is 20.3 Å². The van der Waals surface area contributed by atoms with Crippen molar-refractivity contribution in [3.63, 3.8) is 0 Å². The third-order valence-electron chi connectivity index (χ3n) is 4.23. The van der Waals surface area contributed by atoms with Gasteiger partial charge in [-0.05, 0) is 24.1 Å². The number of amides is 1. The standard InChI is InChI=1S/C20H33NO6/c1-3-4-5-6-7-8-9-20(25)21(27-15-17(23)14-22)13-16-10-11-18(24)19(12-16)26-2/h10-12,17,22-24H,3-9,13-15H2,1-2H3. The van der Waals surface area contributed by atoms with Crippen LogP contribution in [0.15, 0.2) is 18.2 Å². The summed E-state index contributed by atoms with van der Waals surface area (Å²) in [6, 6.07) is 4.80. The molecule has 0 bridgehead atoms. The minimum absolute atomic E-state index is 0.0165. The Morgan fingerprint density at radius 2 is 1.89 bits per heavy atom. The van der Waals surface area contributed by atoms with Gasteiger partial charge in [0.1, 0.15) is 12.7 Å². The molecule has 0 radical (unpaired) electrons. The van der Waals surface area contributed by atoms with Crippen LogP contribution in [-0.4, -0.2) is 52.7 Å². The first-order chi connectivity index (χ1) is 13.0. The number of carbonyl (C=O) groups is 1. The van der Waals surface area contributed by atoms with Crippen LogP contribution in [0, 0.1) is 0 Å². The van der Waals surface area contributed by atoms with Gasteiger partial charge in [-0.1, -0.05) is 45.1 Å². The Kier molecular flexibility index (Phi) is 11.5. The summed E-state index contributed by atoms with van der Waals surface area (Å²) >= 11 is 0. The Labute approximate surface area is 161 Å². The number of hydrogen-bond donors (Lipinski definition) is 3. The van der Waals surface area contributed by atoms with Crippen LogP contribution in [0.5, 0.6) is 11.5 Å². The minimum atomic E-state index is -1.05. The lowest BCUT2D eigenvalue weighted by molar-refractivity contribution is -0.201. The van der Waals surface area contributed by atoms with E-state index in [1.807, 2.05) is 0 Å². The topological polar surface area (TPSA) is 99.5 Å². The Bertz CT molecular complexity index is 551. The molecule has 0 aliphatic heterocycles. The van der Waals surface area contributed by atoms with Gasteiger partial charge in [-0.15, -0.1) is 0 Å². The molecule has 0 fully saturated rings. The summed E-state index contributed by atoms with van der Waals surface area (Å²) < 4.78 is 5.09. The number of rotatable bonds is 14. The number of ether oxygens (including phenoxy) is 1. The number of benzene rings is 1. The highest BCUT2D eigenvalue weighted by Crippen LogP contribution is 2.27. The van der Waals surface area contributed by atoms with Crippen molar-refractivity contribution in [1.29, 1.82) is 0 Å². The van der Waals surface area contributed by atoms with Crippen molar-refractivity contribution >= 4 is 5.91 Å². The van der Waals surface area contributed by atoms with E-state index in [-0.39, 0.29) is 24.8 Å². The number of nitrogens with zero attached hydrogens (tertiary/aromatic N) is 1. The van der Waals surface area contributed by atoms with Gasteiger partial charge in [0.25, 0.3) is 0 Å². The SMILES string of the molecule is CCCCCCCCC(=O)N(Cc1ccc(O)c(OC)c1)OCC(O)CO. The summed E-state index contributed by atoms with van der Waals surface area (Å²) in [5.41, 5.74) is 0.722. The Balaban J connectivity index is 2.64. The normalized spacial score (nSPS) is 12.0. The number of aromatic hydroxyl groups is 1. The second-order valence-electron chi connectivity index (χ2n) is 6.59. The molecule has 1 amide bonds. The minimum Gasteiger partial charge on any atom is -0.504 e. The number of phenols is 1. The van der Waals surface area contributed by atoms with Crippen LogP contribution >= 0.6 is 0 Å². The molecule has 0 saturated heterocycles. The Morgan fingerprint density at radius 1 is 1.19 bits per heavy atom. The van der Waals surface area contributed by atoms with Crippen molar-refractivity contribution in [2.24, 2.45) is 0 Å². The fraction of sp³-hybridized carbons (Fsp3) is 0.650. The van der Waals surface area contributed by atoms with Crippen LogP contribution in [0.4, 0.5) is 0 Å². The molecule has 1 unspecified atom stereocenters. The van der Waals surface area contributed by atoms with E-state index in [9.17, 15) is 15.0 Å². The van der Waals surface area contributed by atoms with Gasteiger partial charge in [-0.2, -0.15) is 0 Å². The zero-order chi connectivity index (χ0) is 20.1. The van der Waals surface area contributed by atoms with E-state index in [4.69, 9.17) is 14.7 Å². The molecule has 0 aliphatic carbocycles. The molecule has 0 heterocycles. The zero-order valence-corrected chi connectivity index (χ0v) is 16.4. The highest BCUT2D eigenvalue weighted by Gasteiger charge is 2.17. The summed E-state index contributed by atoms with van der Waals surface area (Å²) in [5.74, 6) is 0.150. The van der Waals surface area contributed by atoms with Crippen molar-refractivity contribution in [2.45, 2.75) is 64.5 Å². The lowest BCUT2D eigenvalue weighted by Crippen LogP contribution is -2.34. The lowest BCUT2D eigenvalue weighted by Gasteiger charge is -2.23. The van der Waals surface area contributed by atoms with Crippen LogP contribution in [0.25, 0.3) is 0 Å². The molecule has 1 atom stereocenters. The maximum Gasteiger partial charge on any atom is 0.246 e. The van der Waals surface area contributed by atoms with E-state index in [0.717, 1.165) is 24.8 Å². The number of methoxy groups -OCH3 is 1. The van der Waals surface area contributed by atoms with Crippen molar-refractivity contribution in [1.82, 2.24) is 5.06 Å². The van der Waals surface area contributed by atoms with Crippen LogP contribution in [0.3, 0.4) is 0 Å². The lowest BCUT2D eigenvalue weighted by atomic mass is 10.1. The van der Waals surface area contributed by atoms with Crippen LogP contribution in [0.2, 0.25) is 0 Å². The first-order valence-corrected chi connectivity index (χ1v) is 9.59. The van der Waals surface area contributed by atoms with E-state index in [1.165, 1.54) is 37.5 Å². The van der Waals surface area contributed by atoms with E-state index < -0.39 is 12.7 Å². The van der Waals surface area contributed by atoms with Crippen molar-refractivity contribution in [2.75, 3.05) is 20.3 Å². The number of hydroxylamine groups is 2. The summed E-state index contributed by atoms with van der Waals surface area (Å²) in [6.07, 6.45) is 5.77. The van der Waals surface area contributed by atoms with E-state index >= 15 is 0 Å². The first-order valence-electron chi connectivity index (χ1n) is 9.59. The number of aliphatic hydroxyl groups is 2. The van der Waals surface area contributed by atoms with Crippen LogP contribution in [0.1, 0.15) is 57.4 Å².